The minimum absolute atomic E-state index is 0. The van der Waals surface area contributed by atoms with Gasteiger partial charge >= 0.3 is 7.82 Å². The van der Waals surface area contributed by atoms with Gasteiger partial charge < -0.3 is 25.9 Å². The lowest BCUT2D eigenvalue weighted by Crippen LogP contribution is -2.39. The summed E-state index contributed by atoms with van der Waals surface area (Å²) in [5.74, 6) is 0.202. The largest absolute Gasteiger partial charge is 0.472 e. The van der Waals surface area contributed by atoms with Gasteiger partial charge in [0.05, 0.1) is 12.9 Å². The van der Waals surface area contributed by atoms with Crippen LogP contribution in [0.25, 0.3) is 11.2 Å². The molecule has 0 saturated carbocycles. The van der Waals surface area contributed by atoms with Crippen LogP contribution in [-0.4, -0.2) is 59.9 Å². The Morgan fingerprint density at radius 3 is 2.96 bits per heavy atom. The predicted octanol–water partition coefficient (Wildman–Crippen LogP) is -1.64. The first kappa shape index (κ1) is 16.2. The number of nitrogens with two attached hydrogens (primary N) is 1. The van der Waals surface area contributed by atoms with E-state index in [0.717, 1.165) is 0 Å². The van der Waals surface area contributed by atoms with Crippen LogP contribution in [-0.2, 0) is 18.3 Å². The molecule has 5 unspecified atom stereocenters. The molecule has 2 saturated heterocycles. The number of imidazole rings is 1. The van der Waals surface area contributed by atoms with Gasteiger partial charge in [0.15, 0.2) is 17.7 Å². The SMILES string of the molecule is Nc1ncnc2c1ncn2C1OC2COP(=O)(O)OC2C1O.O. The molecule has 0 bridgehead atoms. The number of rotatable bonds is 1. The molecule has 0 radical (unpaired) electrons. The number of nitrogen functional groups attached to an aromatic ring is 1. The van der Waals surface area contributed by atoms with E-state index >= 15 is 0 Å². The Labute approximate surface area is 128 Å². The lowest BCUT2D eigenvalue weighted by atomic mass is 10.1. The Morgan fingerprint density at radius 1 is 1.39 bits per heavy atom. The number of anilines is 1. The standard InChI is InChI=1S/C10H12N5O6P.H2O/c11-8-5-9(13-2-12-8)15(3-14-5)10-6(16)7-4(20-10)1-19-22(17,18)21-7;/h2-4,6-7,10,16H,1H2,(H,17,18)(H2,11,12,13);1H2. The molecule has 2 fully saturated rings. The predicted molar refractivity (Wildman–Crippen MR) is 73.9 cm³/mol. The zero-order chi connectivity index (χ0) is 15.5. The summed E-state index contributed by atoms with van der Waals surface area (Å²) in [7, 11) is -4.16. The van der Waals surface area contributed by atoms with Crippen LogP contribution >= 0.6 is 7.82 Å². The topological polar surface area (TPSA) is 186 Å². The molecule has 2 aromatic heterocycles. The van der Waals surface area contributed by atoms with E-state index in [9.17, 15) is 14.6 Å². The molecule has 2 aromatic rings. The Balaban J connectivity index is 0.00000156. The van der Waals surface area contributed by atoms with Gasteiger partial charge in [-0.25, -0.2) is 19.5 Å². The highest BCUT2D eigenvalue weighted by molar-refractivity contribution is 7.47. The van der Waals surface area contributed by atoms with Gasteiger partial charge in [-0.3, -0.25) is 13.6 Å². The fourth-order valence-electron chi connectivity index (χ4n) is 2.62. The fraction of sp³-hybridized carbons (Fsp3) is 0.500. The van der Waals surface area contributed by atoms with Crippen LogP contribution in [0.3, 0.4) is 0 Å². The van der Waals surface area contributed by atoms with Gasteiger partial charge in [-0.05, 0) is 0 Å². The molecule has 5 atom stereocenters. The van der Waals surface area contributed by atoms with Crippen LogP contribution in [0.2, 0.25) is 0 Å². The molecule has 0 aliphatic carbocycles. The van der Waals surface area contributed by atoms with Crippen LogP contribution in [0.1, 0.15) is 6.23 Å². The number of aliphatic hydroxyl groups excluding tert-OH is 1. The molecule has 23 heavy (non-hydrogen) atoms. The van der Waals surface area contributed by atoms with E-state index in [1.807, 2.05) is 0 Å². The number of hydrogen-bond donors (Lipinski definition) is 3. The molecule has 13 heteroatoms. The van der Waals surface area contributed by atoms with Crippen molar-refractivity contribution in [2.75, 3.05) is 12.3 Å². The Bertz CT molecular complexity index is 784. The number of hydrogen-bond acceptors (Lipinski definition) is 9. The van der Waals surface area contributed by atoms with Crippen molar-refractivity contribution in [3.05, 3.63) is 12.7 Å². The maximum Gasteiger partial charge on any atom is 0.472 e. The lowest BCUT2D eigenvalue weighted by Gasteiger charge is -2.27. The van der Waals surface area contributed by atoms with Crippen molar-refractivity contribution < 1.29 is 33.8 Å². The smallest absolute Gasteiger partial charge is 0.412 e. The number of ether oxygens (including phenoxy) is 1. The van der Waals surface area contributed by atoms with Crippen molar-refractivity contribution >= 4 is 24.8 Å². The summed E-state index contributed by atoms with van der Waals surface area (Å²) in [5.41, 5.74) is 6.46. The number of phosphoric acid groups is 1. The monoisotopic (exact) mass is 347 g/mol. The molecule has 4 rings (SSSR count). The molecule has 6 N–H and O–H groups in total. The van der Waals surface area contributed by atoms with E-state index in [-0.39, 0.29) is 17.9 Å². The number of nitrogens with zero attached hydrogens (tertiary/aromatic N) is 4. The maximum atomic E-state index is 11.5. The van der Waals surface area contributed by atoms with Crippen molar-refractivity contribution in [2.45, 2.75) is 24.5 Å². The van der Waals surface area contributed by atoms with E-state index in [2.05, 4.69) is 19.5 Å². The third-order valence-electron chi connectivity index (χ3n) is 3.63. The van der Waals surface area contributed by atoms with E-state index in [4.69, 9.17) is 15.0 Å². The van der Waals surface area contributed by atoms with Crippen LogP contribution in [0.15, 0.2) is 12.7 Å². The van der Waals surface area contributed by atoms with Crippen molar-refractivity contribution in [3.8, 4) is 0 Å². The van der Waals surface area contributed by atoms with Gasteiger partial charge in [0.25, 0.3) is 0 Å². The van der Waals surface area contributed by atoms with Crippen molar-refractivity contribution in [2.24, 2.45) is 0 Å². The molecule has 12 nitrogen and oxygen atoms in total. The number of phosphoric ester groups is 1. The highest BCUT2D eigenvalue weighted by Gasteiger charge is 2.52. The first-order valence-corrected chi connectivity index (χ1v) is 7.88. The molecular weight excluding hydrogens is 333 g/mol. The second kappa shape index (κ2) is 5.46. The van der Waals surface area contributed by atoms with Gasteiger partial charge in [-0.1, -0.05) is 0 Å². The van der Waals surface area contributed by atoms with Crippen molar-refractivity contribution in [1.29, 1.82) is 0 Å². The number of fused-ring (bicyclic) bond motifs is 2. The van der Waals surface area contributed by atoms with Gasteiger partial charge in [0, 0.05) is 0 Å². The van der Waals surface area contributed by atoms with Crippen molar-refractivity contribution in [1.82, 2.24) is 19.5 Å². The number of aliphatic hydroxyl groups is 1. The van der Waals surface area contributed by atoms with Gasteiger partial charge in [-0.2, -0.15) is 0 Å². The molecule has 0 amide bonds. The molecule has 0 spiro atoms. The van der Waals surface area contributed by atoms with E-state index in [1.165, 1.54) is 17.2 Å². The summed E-state index contributed by atoms with van der Waals surface area (Å²) >= 11 is 0. The molecular formula is C10H14N5O7P. The Kier molecular flexibility index (Phi) is 3.84. The fourth-order valence-corrected chi connectivity index (χ4v) is 3.59. The summed E-state index contributed by atoms with van der Waals surface area (Å²) in [6.07, 6.45) is -1.07. The highest BCUT2D eigenvalue weighted by atomic mass is 31.2. The summed E-state index contributed by atoms with van der Waals surface area (Å²) in [6.45, 7) is -0.157. The van der Waals surface area contributed by atoms with Crippen LogP contribution in [0.4, 0.5) is 5.82 Å². The summed E-state index contributed by atoms with van der Waals surface area (Å²) in [5, 5.41) is 10.4. The van der Waals surface area contributed by atoms with Crippen molar-refractivity contribution in [3.63, 3.8) is 0 Å². The normalized spacial score (nSPS) is 36.6. The highest BCUT2D eigenvalue weighted by Crippen LogP contribution is 2.52. The quantitative estimate of drug-likeness (QED) is 0.505. The van der Waals surface area contributed by atoms with E-state index in [1.54, 1.807) is 0 Å². The third kappa shape index (κ3) is 2.50. The van der Waals surface area contributed by atoms with Gasteiger partial charge in [-0.15, -0.1) is 0 Å². The molecule has 0 aromatic carbocycles. The molecule has 2 aliphatic heterocycles. The van der Waals surface area contributed by atoms with Gasteiger partial charge in [0.2, 0.25) is 0 Å². The van der Waals surface area contributed by atoms with E-state index < -0.39 is 32.4 Å². The average molecular weight is 347 g/mol. The van der Waals surface area contributed by atoms with Crippen LogP contribution in [0.5, 0.6) is 0 Å². The lowest BCUT2D eigenvalue weighted by molar-refractivity contribution is -0.0664. The van der Waals surface area contributed by atoms with Crippen LogP contribution < -0.4 is 5.73 Å². The summed E-state index contributed by atoms with van der Waals surface area (Å²) in [4.78, 5) is 21.3. The summed E-state index contributed by atoms with van der Waals surface area (Å²) in [6, 6.07) is 0. The Hall–Kier alpha value is -1.66. The summed E-state index contributed by atoms with van der Waals surface area (Å²) < 4.78 is 28.2. The zero-order valence-electron chi connectivity index (χ0n) is 11.5. The molecule has 4 heterocycles. The number of aromatic nitrogens is 4. The first-order chi connectivity index (χ1) is 10.5. The first-order valence-electron chi connectivity index (χ1n) is 6.38. The molecule has 2 aliphatic rings. The maximum absolute atomic E-state index is 11.5. The minimum atomic E-state index is -4.16. The van der Waals surface area contributed by atoms with E-state index in [0.29, 0.717) is 11.2 Å². The van der Waals surface area contributed by atoms with Gasteiger partial charge in [0.1, 0.15) is 30.2 Å². The van der Waals surface area contributed by atoms with Crippen LogP contribution in [0, 0.1) is 0 Å². The zero-order valence-corrected chi connectivity index (χ0v) is 12.4. The second-order valence-electron chi connectivity index (χ2n) is 4.97. The minimum Gasteiger partial charge on any atom is -0.412 e. The Morgan fingerprint density at radius 2 is 2.17 bits per heavy atom. The second-order valence-corrected chi connectivity index (χ2v) is 6.38. The third-order valence-corrected chi connectivity index (χ3v) is 4.61. The average Bonchev–Trinajstić information content (AvgIpc) is 3.01. The molecule has 126 valence electrons.